The van der Waals surface area contributed by atoms with Crippen molar-refractivity contribution in [2.24, 2.45) is 4.99 Å². The number of benzene rings is 1. The summed E-state index contributed by atoms with van der Waals surface area (Å²) in [5.74, 6) is 1.07. The number of ether oxygens (including phenoxy) is 2. The van der Waals surface area contributed by atoms with E-state index in [1.165, 1.54) is 0 Å². The van der Waals surface area contributed by atoms with E-state index in [-0.39, 0.29) is 6.02 Å². The molecule has 0 atom stereocenters. The number of para-hydroxylation sites is 1. The lowest BCUT2D eigenvalue weighted by Gasteiger charge is -2.08. The Bertz CT molecular complexity index is 693. The lowest BCUT2D eigenvalue weighted by molar-refractivity contribution is 0.326. The number of aryl methyl sites for hydroxylation is 1. The summed E-state index contributed by atoms with van der Waals surface area (Å²) < 4.78 is 10.9. The van der Waals surface area contributed by atoms with Gasteiger partial charge in [0.2, 0.25) is 5.88 Å². The SMILES string of the molecule is CCOc1cc(N=C(NC#N)Oc2ccccc2)cc(C)n1. The molecule has 0 aliphatic rings. The number of nitriles is 1. The predicted octanol–water partition coefficient (Wildman–Crippen LogP) is 2.93. The molecule has 0 radical (unpaired) electrons. The third kappa shape index (κ3) is 4.49. The number of hydrogen-bond donors (Lipinski definition) is 1. The van der Waals surface area contributed by atoms with Crippen LogP contribution in [0.25, 0.3) is 0 Å². The van der Waals surface area contributed by atoms with Crippen molar-refractivity contribution in [2.75, 3.05) is 6.61 Å². The van der Waals surface area contributed by atoms with Gasteiger partial charge in [0, 0.05) is 11.8 Å². The van der Waals surface area contributed by atoms with Crippen molar-refractivity contribution in [3.05, 3.63) is 48.2 Å². The Morgan fingerprint density at radius 2 is 2.09 bits per heavy atom. The Kier molecular flexibility index (Phi) is 5.32. The predicted molar refractivity (Wildman–Crippen MR) is 83.1 cm³/mol. The number of hydrogen-bond acceptors (Lipinski definition) is 5. The van der Waals surface area contributed by atoms with E-state index in [0.29, 0.717) is 23.9 Å². The molecule has 0 aliphatic heterocycles. The molecule has 6 heteroatoms. The van der Waals surface area contributed by atoms with Crippen molar-refractivity contribution in [1.82, 2.24) is 10.3 Å². The van der Waals surface area contributed by atoms with Gasteiger partial charge in [-0.05, 0) is 32.0 Å². The lowest BCUT2D eigenvalue weighted by Crippen LogP contribution is -2.24. The number of aromatic nitrogens is 1. The summed E-state index contributed by atoms with van der Waals surface area (Å²) in [7, 11) is 0. The summed E-state index contributed by atoms with van der Waals surface area (Å²) >= 11 is 0. The van der Waals surface area contributed by atoms with Crippen LogP contribution in [0, 0.1) is 18.4 Å². The molecule has 0 spiro atoms. The van der Waals surface area contributed by atoms with Gasteiger partial charge in [-0.3, -0.25) is 0 Å². The smallest absolute Gasteiger partial charge is 0.309 e. The summed E-state index contributed by atoms with van der Waals surface area (Å²) in [6.45, 7) is 4.24. The van der Waals surface area contributed by atoms with Gasteiger partial charge in [0.25, 0.3) is 0 Å². The Labute approximate surface area is 129 Å². The zero-order valence-corrected chi connectivity index (χ0v) is 12.4. The molecule has 6 nitrogen and oxygen atoms in total. The van der Waals surface area contributed by atoms with E-state index >= 15 is 0 Å². The topological polar surface area (TPSA) is 79.5 Å². The Hall–Kier alpha value is -3.07. The largest absolute Gasteiger partial charge is 0.478 e. The molecule has 0 amide bonds. The summed E-state index contributed by atoms with van der Waals surface area (Å²) in [5.41, 5.74) is 1.35. The first-order chi connectivity index (χ1) is 10.7. The van der Waals surface area contributed by atoms with Crippen molar-refractivity contribution < 1.29 is 9.47 Å². The number of aliphatic imine (C=N–C) groups is 1. The van der Waals surface area contributed by atoms with Crippen LogP contribution in [-0.4, -0.2) is 17.6 Å². The Morgan fingerprint density at radius 3 is 2.77 bits per heavy atom. The number of nitrogens with one attached hydrogen (secondary N) is 1. The van der Waals surface area contributed by atoms with Crippen LogP contribution in [0.2, 0.25) is 0 Å². The molecule has 0 bridgehead atoms. The normalized spacial score (nSPS) is 10.7. The minimum Gasteiger partial charge on any atom is -0.478 e. The lowest BCUT2D eigenvalue weighted by atomic mass is 10.3. The zero-order valence-electron chi connectivity index (χ0n) is 12.4. The maximum Gasteiger partial charge on any atom is 0.309 e. The van der Waals surface area contributed by atoms with E-state index < -0.39 is 0 Å². The first kappa shape index (κ1) is 15.3. The van der Waals surface area contributed by atoms with Gasteiger partial charge >= 0.3 is 6.02 Å². The average Bonchev–Trinajstić information content (AvgIpc) is 2.48. The molecule has 112 valence electrons. The third-order valence-corrected chi connectivity index (χ3v) is 2.56. The maximum atomic E-state index is 8.83. The monoisotopic (exact) mass is 296 g/mol. The molecule has 0 fully saturated rings. The average molecular weight is 296 g/mol. The molecule has 0 saturated carbocycles. The number of nitrogens with zero attached hydrogens (tertiary/aromatic N) is 3. The first-order valence-electron chi connectivity index (χ1n) is 6.79. The highest BCUT2D eigenvalue weighted by Gasteiger charge is 2.05. The van der Waals surface area contributed by atoms with Gasteiger partial charge in [-0.2, -0.15) is 10.3 Å². The molecule has 1 aromatic heterocycles. The fourth-order valence-corrected chi connectivity index (χ4v) is 1.75. The van der Waals surface area contributed by atoms with Gasteiger partial charge < -0.3 is 9.47 Å². The minimum absolute atomic E-state index is 0.0850. The van der Waals surface area contributed by atoms with E-state index in [1.807, 2.05) is 38.2 Å². The van der Waals surface area contributed by atoms with Crippen molar-refractivity contribution in [3.63, 3.8) is 0 Å². The molecule has 2 rings (SSSR count). The van der Waals surface area contributed by atoms with Crippen molar-refractivity contribution in [3.8, 4) is 17.8 Å². The van der Waals surface area contributed by atoms with Crippen molar-refractivity contribution >= 4 is 11.7 Å². The van der Waals surface area contributed by atoms with Crippen LogP contribution in [-0.2, 0) is 0 Å². The molecule has 1 heterocycles. The highest BCUT2D eigenvalue weighted by Crippen LogP contribution is 2.20. The highest BCUT2D eigenvalue weighted by atomic mass is 16.5. The highest BCUT2D eigenvalue weighted by molar-refractivity contribution is 5.80. The molecule has 2 aromatic rings. The number of pyridine rings is 1. The molecule has 0 aliphatic carbocycles. The molecule has 1 N–H and O–H groups in total. The Morgan fingerprint density at radius 1 is 1.32 bits per heavy atom. The van der Waals surface area contributed by atoms with Crippen LogP contribution in [0.3, 0.4) is 0 Å². The summed E-state index contributed by atoms with van der Waals surface area (Å²) in [5, 5.41) is 11.2. The molecule has 1 aromatic carbocycles. The van der Waals surface area contributed by atoms with Gasteiger partial charge in [0.1, 0.15) is 5.75 Å². The number of rotatable bonds is 4. The van der Waals surface area contributed by atoms with E-state index in [9.17, 15) is 0 Å². The number of amidine groups is 1. The molecular formula is C16H16N4O2. The van der Waals surface area contributed by atoms with Gasteiger partial charge in [-0.1, -0.05) is 18.2 Å². The van der Waals surface area contributed by atoms with Gasteiger partial charge in [0.05, 0.1) is 12.3 Å². The quantitative estimate of drug-likeness (QED) is 0.406. The van der Waals surface area contributed by atoms with Gasteiger partial charge in [0.15, 0.2) is 6.19 Å². The molecule has 22 heavy (non-hydrogen) atoms. The summed E-state index contributed by atoms with van der Waals surface area (Å²) in [4.78, 5) is 8.53. The Balaban J connectivity index is 2.27. The summed E-state index contributed by atoms with van der Waals surface area (Å²) in [6, 6.07) is 12.6. The van der Waals surface area contributed by atoms with Crippen LogP contribution in [0.1, 0.15) is 12.6 Å². The maximum absolute atomic E-state index is 8.83. The van der Waals surface area contributed by atoms with Crippen LogP contribution in [0.4, 0.5) is 5.69 Å². The second kappa shape index (κ2) is 7.64. The summed E-state index contributed by atoms with van der Waals surface area (Å²) in [6.07, 6.45) is 1.81. The molecule has 0 unspecified atom stereocenters. The van der Waals surface area contributed by atoms with E-state index in [1.54, 1.807) is 24.3 Å². The fourth-order valence-electron chi connectivity index (χ4n) is 1.75. The van der Waals surface area contributed by atoms with Crippen molar-refractivity contribution in [1.29, 1.82) is 5.26 Å². The van der Waals surface area contributed by atoms with E-state index in [2.05, 4.69) is 15.3 Å². The van der Waals surface area contributed by atoms with Gasteiger partial charge in [-0.25, -0.2) is 10.3 Å². The third-order valence-electron chi connectivity index (χ3n) is 2.56. The van der Waals surface area contributed by atoms with Gasteiger partial charge in [-0.15, -0.1) is 0 Å². The second-order valence-corrected chi connectivity index (χ2v) is 4.31. The van der Waals surface area contributed by atoms with Crippen LogP contribution < -0.4 is 14.8 Å². The molecule has 0 saturated heterocycles. The zero-order chi connectivity index (χ0) is 15.8. The van der Waals surface area contributed by atoms with Crippen LogP contribution >= 0.6 is 0 Å². The van der Waals surface area contributed by atoms with Crippen LogP contribution in [0.5, 0.6) is 11.6 Å². The first-order valence-corrected chi connectivity index (χ1v) is 6.79. The van der Waals surface area contributed by atoms with Crippen molar-refractivity contribution in [2.45, 2.75) is 13.8 Å². The van der Waals surface area contributed by atoms with E-state index in [4.69, 9.17) is 14.7 Å². The van der Waals surface area contributed by atoms with E-state index in [0.717, 1.165) is 5.69 Å². The molecular weight excluding hydrogens is 280 g/mol. The van der Waals surface area contributed by atoms with Crippen LogP contribution in [0.15, 0.2) is 47.5 Å². The second-order valence-electron chi connectivity index (χ2n) is 4.31. The fraction of sp³-hybridized carbons (Fsp3) is 0.188. The minimum atomic E-state index is 0.0850. The standard InChI is InChI=1S/C16H16N4O2/c1-3-21-15-10-13(9-12(2)19-15)20-16(18-11-17)22-14-7-5-4-6-8-14/h4-10H,3H2,1-2H3,(H,18,19,20).